The van der Waals surface area contributed by atoms with Gasteiger partial charge >= 0.3 is 0 Å². The Morgan fingerprint density at radius 3 is 2.64 bits per heavy atom. The summed E-state index contributed by atoms with van der Waals surface area (Å²) in [5, 5.41) is 4.02. The molecule has 0 heterocycles. The quantitative estimate of drug-likeness (QED) is 0.486. The van der Waals surface area contributed by atoms with Gasteiger partial charge in [-0.05, 0) is 18.9 Å². The Hall–Kier alpha value is -0.790. The van der Waals surface area contributed by atoms with Gasteiger partial charge in [-0.2, -0.15) is 5.10 Å². The van der Waals surface area contributed by atoms with E-state index >= 15 is 0 Å². The van der Waals surface area contributed by atoms with Gasteiger partial charge in [0.05, 0.1) is 0 Å². The van der Waals surface area contributed by atoms with Crippen LogP contribution in [0, 0.1) is 0 Å². The number of allylic oxidation sites excluding steroid dienone is 1. The molecule has 1 N–H and O–H groups in total. The topological polar surface area (TPSA) is 24.4 Å². The van der Waals surface area contributed by atoms with Crippen molar-refractivity contribution in [2.45, 2.75) is 38.1 Å². The van der Waals surface area contributed by atoms with Crippen LogP contribution in [0.1, 0.15) is 32.1 Å². The van der Waals surface area contributed by atoms with E-state index in [1.807, 2.05) is 0 Å². The van der Waals surface area contributed by atoms with E-state index in [0.717, 1.165) is 0 Å². The summed E-state index contributed by atoms with van der Waals surface area (Å²) < 4.78 is 0. The number of hydrogen-bond donors (Lipinski definition) is 1. The van der Waals surface area contributed by atoms with Crippen LogP contribution in [0.25, 0.3) is 0 Å². The average molecular weight is 152 g/mol. The molecule has 0 radical (unpaired) electrons. The van der Waals surface area contributed by atoms with Crippen LogP contribution in [0.4, 0.5) is 0 Å². The molecule has 1 rings (SSSR count). The van der Waals surface area contributed by atoms with Gasteiger partial charge in [0.15, 0.2) is 0 Å². The lowest BCUT2D eigenvalue weighted by molar-refractivity contribution is 0.381. The zero-order valence-corrected chi connectivity index (χ0v) is 6.92. The van der Waals surface area contributed by atoms with Gasteiger partial charge in [0.2, 0.25) is 0 Å². The molecular formula is C9H16N2. The Kier molecular flexibility index (Phi) is 3.73. The highest BCUT2D eigenvalue weighted by Gasteiger charge is 2.10. The SMILES string of the molecule is C=CC=NNC1CCCCC1. The van der Waals surface area contributed by atoms with Crippen molar-refractivity contribution in [1.29, 1.82) is 0 Å². The van der Waals surface area contributed by atoms with Gasteiger partial charge in [-0.25, -0.2) is 0 Å². The molecule has 0 aromatic heterocycles. The Balaban J connectivity index is 2.14. The molecule has 0 saturated heterocycles. The maximum Gasteiger partial charge on any atom is 0.0462 e. The first kappa shape index (κ1) is 8.31. The van der Waals surface area contributed by atoms with Crippen LogP contribution in [0.3, 0.4) is 0 Å². The Bertz CT molecular complexity index is 134. The smallest absolute Gasteiger partial charge is 0.0462 e. The van der Waals surface area contributed by atoms with Crippen LogP contribution in [0.5, 0.6) is 0 Å². The van der Waals surface area contributed by atoms with Gasteiger partial charge in [-0.15, -0.1) is 0 Å². The molecule has 0 aliphatic heterocycles. The van der Waals surface area contributed by atoms with Crippen LogP contribution in [-0.4, -0.2) is 12.3 Å². The fourth-order valence-electron chi connectivity index (χ4n) is 1.43. The van der Waals surface area contributed by atoms with Crippen LogP contribution < -0.4 is 5.43 Å². The number of nitrogens with one attached hydrogen (secondary N) is 1. The molecule has 1 aliphatic carbocycles. The summed E-state index contributed by atoms with van der Waals surface area (Å²) in [6.45, 7) is 3.55. The van der Waals surface area contributed by atoms with E-state index in [1.165, 1.54) is 32.1 Å². The van der Waals surface area contributed by atoms with Crippen LogP contribution >= 0.6 is 0 Å². The van der Waals surface area contributed by atoms with Crippen LogP contribution in [0.15, 0.2) is 17.8 Å². The normalized spacial score (nSPS) is 20.4. The highest BCUT2D eigenvalue weighted by Crippen LogP contribution is 2.16. The van der Waals surface area contributed by atoms with Crippen molar-refractivity contribution in [3.63, 3.8) is 0 Å². The van der Waals surface area contributed by atoms with E-state index in [9.17, 15) is 0 Å². The summed E-state index contributed by atoms with van der Waals surface area (Å²) in [5.74, 6) is 0. The Morgan fingerprint density at radius 1 is 1.27 bits per heavy atom. The van der Waals surface area contributed by atoms with Gasteiger partial charge in [0.25, 0.3) is 0 Å². The minimum Gasteiger partial charge on any atom is -0.307 e. The summed E-state index contributed by atoms with van der Waals surface area (Å²) in [7, 11) is 0. The molecule has 0 atom stereocenters. The molecule has 0 aromatic rings. The minimum atomic E-state index is 0.611. The third-order valence-electron chi connectivity index (χ3n) is 2.04. The third-order valence-corrected chi connectivity index (χ3v) is 2.04. The fourth-order valence-corrected chi connectivity index (χ4v) is 1.43. The molecule has 1 fully saturated rings. The molecule has 2 nitrogen and oxygen atoms in total. The summed E-state index contributed by atoms with van der Waals surface area (Å²) >= 11 is 0. The van der Waals surface area contributed by atoms with Gasteiger partial charge in [-0.1, -0.05) is 25.8 Å². The average Bonchev–Trinajstić information content (AvgIpc) is 2.07. The number of rotatable bonds is 3. The van der Waals surface area contributed by atoms with E-state index in [1.54, 1.807) is 12.3 Å². The van der Waals surface area contributed by atoms with Crippen molar-refractivity contribution in [1.82, 2.24) is 5.43 Å². The second-order valence-electron chi connectivity index (χ2n) is 2.98. The second kappa shape index (κ2) is 4.94. The lowest BCUT2D eigenvalue weighted by atomic mass is 9.96. The van der Waals surface area contributed by atoms with E-state index < -0.39 is 0 Å². The summed E-state index contributed by atoms with van der Waals surface area (Å²) in [4.78, 5) is 0. The van der Waals surface area contributed by atoms with Crippen molar-refractivity contribution in [3.05, 3.63) is 12.7 Å². The predicted molar refractivity (Wildman–Crippen MR) is 48.7 cm³/mol. The first-order chi connectivity index (χ1) is 5.43. The summed E-state index contributed by atoms with van der Waals surface area (Å²) in [6.07, 6.45) is 10.0. The molecule has 0 amide bonds. The predicted octanol–water partition coefficient (Wildman–Crippen LogP) is 2.08. The lowest BCUT2D eigenvalue weighted by Gasteiger charge is -2.20. The van der Waals surface area contributed by atoms with Crippen LogP contribution in [-0.2, 0) is 0 Å². The zero-order valence-electron chi connectivity index (χ0n) is 6.92. The van der Waals surface area contributed by atoms with Gasteiger partial charge in [-0.3, -0.25) is 0 Å². The maximum absolute atomic E-state index is 4.02. The van der Waals surface area contributed by atoms with E-state index in [4.69, 9.17) is 0 Å². The number of nitrogens with zero attached hydrogens (tertiary/aromatic N) is 1. The monoisotopic (exact) mass is 152 g/mol. The standard InChI is InChI=1S/C9H16N2/c1-2-8-10-11-9-6-4-3-5-7-9/h2,8-9,11H,1,3-7H2. The van der Waals surface area contributed by atoms with E-state index in [-0.39, 0.29) is 0 Å². The molecule has 62 valence electrons. The van der Waals surface area contributed by atoms with Crippen molar-refractivity contribution in [2.75, 3.05) is 0 Å². The Labute approximate surface area is 68.4 Å². The van der Waals surface area contributed by atoms with Crippen molar-refractivity contribution >= 4 is 6.21 Å². The lowest BCUT2D eigenvalue weighted by Crippen LogP contribution is -2.26. The molecule has 0 bridgehead atoms. The van der Waals surface area contributed by atoms with Crippen molar-refractivity contribution in [2.24, 2.45) is 5.10 Å². The van der Waals surface area contributed by atoms with Gasteiger partial charge in [0.1, 0.15) is 0 Å². The number of hydrogen-bond acceptors (Lipinski definition) is 2. The zero-order chi connectivity index (χ0) is 7.94. The maximum atomic E-state index is 4.02. The van der Waals surface area contributed by atoms with E-state index in [2.05, 4.69) is 17.1 Å². The summed E-state index contributed by atoms with van der Waals surface area (Å²) in [5.41, 5.74) is 3.12. The van der Waals surface area contributed by atoms with Gasteiger partial charge in [0, 0.05) is 12.3 Å². The molecule has 11 heavy (non-hydrogen) atoms. The first-order valence-corrected chi connectivity index (χ1v) is 4.33. The molecule has 1 aliphatic rings. The molecule has 2 heteroatoms. The highest BCUT2D eigenvalue weighted by molar-refractivity contribution is 5.69. The van der Waals surface area contributed by atoms with Gasteiger partial charge < -0.3 is 5.43 Å². The molecule has 1 saturated carbocycles. The van der Waals surface area contributed by atoms with Crippen LogP contribution in [0.2, 0.25) is 0 Å². The second-order valence-corrected chi connectivity index (χ2v) is 2.98. The van der Waals surface area contributed by atoms with Crippen molar-refractivity contribution < 1.29 is 0 Å². The minimum absolute atomic E-state index is 0.611. The van der Waals surface area contributed by atoms with Crippen molar-refractivity contribution in [3.8, 4) is 0 Å². The summed E-state index contributed by atoms with van der Waals surface area (Å²) in [6, 6.07) is 0.611. The molecular weight excluding hydrogens is 136 g/mol. The Morgan fingerprint density at radius 2 is 2.00 bits per heavy atom. The largest absolute Gasteiger partial charge is 0.307 e. The number of hydrazone groups is 1. The third kappa shape index (κ3) is 3.21. The van der Waals surface area contributed by atoms with E-state index in [0.29, 0.717) is 6.04 Å². The fraction of sp³-hybridized carbons (Fsp3) is 0.667. The first-order valence-electron chi connectivity index (χ1n) is 4.33. The highest BCUT2D eigenvalue weighted by atomic mass is 15.3. The molecule has 0 aromatic carbocycles. The molecule has 0 unspecified atom stereocenters. The molecule has 0 spiro atoms.